The van der Waals surface area contributed by atoms with Crippen LogP contribution in [-0.2, 0) is 0 Å². The van der Waals surface area contributed by atoms with Gasteiger partial charge in [0.15, 0.2) is 11.5 Å². The Morgan fingerprint density at radius 2 is 1.25 bits per heavy atom. The highest BCUT2D eigenvalue weighted by molar-refractivity contribution is 7.26. The highest BCUT2D eigenvalue weighted by atomic mass is 32.1. The van der Waals surface area contributed by atoms with E-state index in [4.69, 9.17) is 16.5 Å². The lowest BCUT2D eigenvalue weighted by Gasteiger charge is -2.19. The molecule has 0 N–H and O–H groups in total. The van der Waals surface area contributed by atoms with E-state index in [1.54, 1.807) is 11.3 Å². The zero-order valence-corrected chi connectivity index (χ0v) is 28.3. The SMILES string of the molecule is [C-]#[N+]c1ccc2sc3c(-c4cccc(-c5cccc(-c6nc(-c7ccccc7)c7c(n6)[Si](C)(C)c6ccccc6-7)c5)c4)cccc3c2c1. The number of fused-ring (bicyclic) bond motifs is 6. The van der Waals surface area contributed by atoms with E-state index < -0.39 is 8.07 Å². The second-order valence-electron chi connectivity index (χ2n) is 12.9. The summed E-state index contributed by atoms with van der Waals surface area (Å²) in [5.74, 6) is 0.771. The van der Waals surface area contributed by atoms with Gasteiger partial charge >= 0.3 is 0 Å². The maximum absolute atomic E-state index is 7.48. The molecule has 3 nitrogen and oxygen atoms in total. The summed E-state index contributed by atoms with van der Waals surface area (Å²) in [6.07, 6.45) is 0. The van der Waals surface area contributed by atoms with Gasteiger partial charge in [-0.2, -0.15) is 0 Å². The van der Waals surface area contributed by atoms with E-state index in [9.17, 15) is 0 Å². The van der Waals surface area contributed by atoms with E-state index in [0.29, 0.717) is 5.69 Å². The summed E-state index contributed by atoms with van der Waals surface area (Å²) in [4.78, 5) is 14.4. The normalized spacial score (nSPS) is 12.9. The summed E-state index contributed by atoms with van der Waals surface area (Å²) in [5, 5.41) is 4.98. The Hall–Kier alpha value is -5.67. The van der Waals surface area contributed by atoms with E-state index in [2.05, 4.69) is 145 Å². The second kappa shape index (κ2) is 11.0. The van der Waals surface area contributed by atoms with Crippen molar-refractivity contribution >= 4 is 55.8 Å². The Balaban J connectivity index is 1.17. The molecule has 6 aromatic carbocycles. The third-order valence-corrected chi connectivity index (χ3v) is 14.2. The molecule has 2 aromatic heterocycles. The molecule has 226 valence electrons. The van der Waals surface area contributed by atoms with Crippen molar-refractivity contribution < 1.29 is 0 Å². The minimum Gasteiger partial charge on any atom is -0.238 e. The van der Waals surface area contributed by atoms with Gasteiger partial charge in [-0.15, -0.1) is 11.3 Å². The smallest absolute Gasteiger partial charge is 0.187 e. The van der Waals surface area contributed by atoms with Crippen molar-refractivity contribution in [1.29, 1.82) is 0 Å². The van der Waals surface area contributed by atoms with Crippen LogP contribution < -0.4 is 10.5 Å². The quantitative estimate of drug-likeness (QED) is 0.141. The average Bonchev–Trinajstić information content (AvgIpc) is 3.63. The number of nitrogens with zero attached hydrogens (tertiary/aromatic N) is 3. The first kappa shape index (κ1) is 28.5. The van der Waals surface area contributed by atoms with E-state index in [1.165, 1.54) is 47.5 Å². The van der Waals surface area contributed by atoms with Gasteiger partial charge in [0.2, 0.25) is 0 Å². The van der Waals surface area contributed by atoms with Gasteiger partial charge in [-0.25, -0.2) is 14.8 Å². The lowest BCUT2D eigenvalue weighted by molar-refractivity contribution is 1.21. The molecule has 1 aliphatic rings. The molecular weight excluding hydrogens is 619 g/mol. The van der Waals surface area contributed by atoms with Crippen molar-refractivity contribution in [3.63, 3.8) is 0 Å². The molecule has 9 rings (SSSR count). The van der Waals surface area contributed by atoms with Gasteiger partial charge in [-0.1, -0.05) is 134 Å². The zero-order chi connectivity index (χ0) is 32.4. The molecule has 1 aliphatic heterocycles. The van der Waals surface area contributed by atoms with Gasteiger partial charge in [0, 0.05) is 31.4 Å². The number of aromatic nitrogens is 2. The minimum atomic E-state index is -2.04. The fourth-order valence-electron chi connectivity index (χ4n) is 7.26. The third kappa shape index (κ3) is 4.45. The largest absolute Gasteiger partial charge is 0.238 e. The van der Waals surface area contributed by atoms with E-state index in [-0.39, 0.29) is 0 Å². The van der Waals surface area contributed by atoms with Crippen LogP contribution in [0.1, 0.15) is 0 Å². The van der Waals surface area contributed by atoms with Gasteiger partial charge in [-0.3, -0.25) is 0 Å². The van der Waals surface area contributed by atoms with Crippen LogP contribution in [-0.4, -0.2) is 18.0 Å². The highest BCUT2D eigenvalue weighted by Crippen LogP contribution is 2.42. The molecule has 0 bridgehead atoms. The molecule has 0 fully saturated rings. The van der Waals surface area contributed by atoms with Crippen molar-refractivity contribution in [2.24, 2.45) is 0 Å². The Morgan fingerprint density at radius 3 is 2.06 bits per heavy atom. The van der Waals surface area contributed by atoms with Crippen LogP contribution in [0.15, 0.2) is 140 Å². The molecule has 0 spiro atoms. The molecule has 0 saturated heterocycles. The molecule has 48 heavy (non-hydrogen) atoms. The van der Waals surface area contributed by atoms with E-state index >= 15 is 0 Å². The molecular formula is C43H29N3SSi. The molecule has 0 aliphatic carbocycles. The number of hydrogen-bond acceptors (Lipinski definition) is 3. The third-order valence-electron chi connectivity index (χ3n) is 9.66. The number of thiophene rings is 1. The van der Waals surface area contributed by atoms with Gasteiger partial charge < -0.3 is 0 Å². The summed E-state index contributed by atoms with van der Waals surface area (Å²) in [6.45, 7) is 12.3. The summed E-state index contributed by atoms with van der Waals surface area (Å²) >= 11 is 1.79. The summed E-state index contributed by atoms with van der Waals surface area (Å²) in [5.41, 5.74) is 10.9. The lowest BCUT2D eigenvalue weighted by atomic mass is 9.96. The number of benzene rings is 6. The summed E-state index contributed by atoms with van der Waals surface area (Å²) in [6, 6.07) is 49.3. The number of hydrogen-bond donors (Lipinski definition) is 0. The first-order chi connectivity index (χ1) is 23.5. The summed E-state index contributed by atoms with van der Waals surface area (Å²) < 4.78 is 2.44. The predicted octanol–water partition coefficient (Wildman–Crippen LogP) is 10.9. The molecule has 3 heterocycles. The Morgan fingerprint density at radius 1 is 0.583 bits per heavy atom. The van der Waals surface area contributed by atoms with Crippen molar-refractivity contribution in [2.75, 3.05) is 0 Å². The molecule has 0 atom stereocenters. The fourth-order valence-corrected chi connectivity index (χ4v) is 11.4. The van der Waals surface area contributed by atoms with Crippen LogP contribution >= 0.6 is 11.3 Å². The monoisotopic (exact) mass is 647 g/mol. The fraction of sp³-hybridized carbons (Fsp3) is 0.0465. The Labute approximate surface area is 284 Å². The van der Waals surface area contributed by atoms with Gasteiger partial charge in [-0.05, 0) is 62.0 Å². The highest BCUT2D eigenvalue weighted by Gasteiger charge is 2.41. The Kier molecular flexibility index (Phi) is 6.51. The standard InChI is InChI=1S/C43H29N3SSi/c1-44-32-22-23-37-36(26-32)34-20-11-19-33(41(34)47-37)30-16-9-14-28(24-30)29-15-10-17-31(25-29)42-45-40(27-12-5-4-6-13-27)39-35-18-7-8-21-38(35)48(2,3)43(39)46-42/h4-26H,2-3H3. The van der Waals surface area contributed by atoms with Crippen molar-refractivity contribution in [2.45, 2.75) is 13.1 Å². The molecule has 0 saturated carbocycles. The first-order valence-electron chi connectivity index (χ1n) is 16.1. The maximum atomic E-state index is 7.48. The molecule has 0 amide bonds. The first-order valence-corrected chi connectivity index (χ1v) is 19.9. The molecule has 0 unspecified atom stereocenters. The average molecular weight is 648 g/mol. The van der Waals surface area contributed by atoms with Gasteiger partial charge in [0.05, 0.1) is 12.3 Å². The van der Waals surface area contributed by atoms with Crippen LogP contribution in [0.3, 0.4) is 0 Å². The second-order valence-corrected chi connectivity index (χ2v) is 18.2. The van der Waals surface area contributed by atoms with Crippen molar-refractivity contribution in [3.05, 3.63) is 151 Å². The van der Waals surface area contributed by atoms with E-state index in [0.717, 1.165) is 39.2 Å². The number of rotatable bonds is 4. The Bertz CT molecular complexity index is 2610. The van der Waals surface area contributed by atoms with Crippen LogP contribution in [0.4, 0.5) is 5.69 Å². The van der Waals surface area contributed by atoms with Gasteiger partial charge in [0.1, 0.15) is 8.07 Å². The van der Waals surface area contributed by atoms with Crippen molar-refractivity contribution in [3.8, 4) is 56.0 Å². The van der Waals surface area contributed by atoms with Crippen LogP contribution in [0, 0.1) is 6.57 Å². The van der Waals surface area contributed by atoms with Crippen LogP contribution in [0.25, 0.3) is 81.0 Å². The molecule has 8 aromatic rings. The minimum absolute atomic E-state index is 0.674. The predicted molar refractivity (Wildman–Crippen MR) is 205 cm³/mol. The molecule has 5 heteroatoms. The lowest BCUT2D eigenvalue weighted by Crippen LogP contribution is -2.50. The van der Waals surface area contributed by atoms with Gasteiger partial charge in [0.25, 0.3) is 0 Å². The zero-order valence-electron chi connectivity index (χ0n) is 26.5. The summed E-state index contributed by atoms with van der Waals surface area (Å²) in [7, 11) is -2.04. The van der Waals surface area contributed by atoms with E-state index in [1.807, 2.05) is 12.1 Å². The van der Waals surface area contributed by atoms with Crippen molar-refractivity contribution in [1.82, 2.24) is 9.97 Å². The molecule has 0 radical (unpaired) electrons. The topological polar surface area (TPSA) is 30.1 Å². The van der Waals surface area contributed by atoms with Crippen LogP contribution in [0.2, 0.25) is 13.1 Å². The van der Waals surface area contributed by atoms with Crippen LogP contribution in [0.5, 0.6) is 0 Å². The maximum Gasteiger partial charge on any atom is 0.187 e.